The van der Waals surface area contributed by atoms with Crippen molar-refractivity contribution in [3.63, 3.8) is 0 Å². The zero-order chi connectivity index (χ0) is 28.2. The molecule has 0 saturated carbocycles. The molecule has 9 nitrogen and oxygen atoms in total. The van der Waals surface area contributed by atoms with E-state index in [9.17, 15) is 28.0 Å². The first kappa shape index (κ1) is 28.2. The summed E-state index contributed by atoms with van der Waals surface area (Å²) in [5.74, 6) is -3.62. The Morgan fingerprint density at radius 1 is 1.00 bits per heavy atom. The molecule has 0 fully saturated rings. The Morgan fingerprint density at radius 3 is 2.11 bits per heavy atom. The minimum absolute atomic E-state index is 0.187. The van der Waals surface area contributed by atoms with Gasteiger partial charge in [0.15, 0.2) is 6.29 Å². The van der Waals surface area contributed by atoms with E-state index < -0.39 is 41.6 Å². The van der Waals surface area contributed by atoms with E-state index in [2.05, 4.69) is 0 Å². The van der Waals surface area contributed by atoms with Gasteiger partial charge < -0.3 is 24.7 Å². The Bertz CT molecular complexity index is 1330. The number of rotatable bonds is 7. The lowest BCUT2D eigenvalue weighted by atomic mass is 9.81. The molecular weight excluding hydrogens is 507 g/mol. The number of anilines is 1. The van der Waals surface area contributed by atoms with Gasteiger partial charge in [0.05, 0.1) is 42.9 Å². The Morgan fingerprint density at radius 2 is 1.61 bits per heavy atom. The molecule has 0 radical (unpaired) electrons. The average Bonchev–Trinajstić information content (AvgIpc) is 2.92. The van der Waals surface area contributed by atoms with Gasteiger partial charge in [-0.15, -0.1) is 0 Å². The third-order valence-corrected chi connectivity index (χ3v) is 5.89. The first-order valence-electron chi connectivity index (χ1n) is 11.0. The van der Waals surface area contributed by atoms with Crippen molar-refractivity contribution in [1.82, 2.24) is 0 Å². The average molecular weight is 531 g/mol. The number of nitrogens with zero attached hydrogens (tertiary/aromatic N) is 2. The first-order valence-corrected chi connectivity index (χ1v) is 11.0. The Hall–Kier alpha value is -4.34. The van der Waals surface area contributed by atoms with Gasteiger partial charge in [-0.3, -0.25) is 4.90 Å². The molecule has 2 aromatic rings. The molecular formula is C26H24F3N3O6. The minimum atomic E-state index is -4.88. The van der Waals surface area contributed by atoms with Gasteiger partial charge in [0, 0.05) is 25.5 Å². The molecule has 1 unspecified atom stereocenters. The van der Waals surface area contributed by atoms with Crippen LogP contribution < -0.4 is 10.6 Å². The fourth-order valence-electron chi connectivity index (χ4n) is 4.27. The quantitative estimate of drug-likeness (QED) is 0.418. The summed E-state index contributed by atoms with van der Waals surface area (Å²) in [6, 6.07) is 13.2. The number of carbonyl (C=O) groups excluding carboxylic acids is 2. The van der Waals surface area contributed by atoms with Crippen molar-refractivity contribution < 1.29 is 41.7 Å². The maximum absolute atomic E-state index is 14.1. The van der Waals surface area contributed by atoms with Gasteiger partial charge in [0.1, 0.15) is 11.5 Å². The number of nitrogens with two attached hydrogens (primary N) is 1. The summed E-state index contributed by atoms with van der Waals surface area (Å²) in [6.07, 6.45) is -6.23. The molecule has 1 heterocycles. The molecule has 12 heteroatoms. The van der Waals surface area contributed by atoms with Crippen LogP contribution in [0.5, 0.6) is 0 Å². The summed E-state index contributed by atoms with van der Waals surface area (Å²) >= 11 is 0. The monoisotopic (exact) mass is 531 g/mol. The van der Waals surface area contributed by atoms with Crippen LogP contribution in [0.3, 0.4) is 0 Å². The van der Waals surface area contributed by atoms with E-state index in [1.807, 2.05) is 6.07 Å². The van der Waals surface area contributed by atoms with Crippen LogP contribution in [0, 0.1) is 11.3 Å². The number of allylic oxidation sites excluding steroid dienone is 1. The maximum atomic E-state index is 14.1. The summed E-state index contributed by atoms with van der Waals surface area (Å²) in [6.45, 7) is 0. The Kier molecular flexibility index (Phi) is 8.45. The predicted molar refractivity (Wildman–Crippen MR) is 128 cm³/mol. The standard InChI is InChI=1S/C26H24F3N3O6/c1-35-23(33)20-19(14-8-6-5-7-9-14)17(13-30)22(31)32(21(20)24(34)36-2)15-10-11-16(25(37-3)38-4)18(12-15)26(27,28)29/h5-12,19,25H,31H2,1-4H3. The third kappa shape index (κ3) is 5.06. The van der Waals surface area contributed by atoms with Gasteiger partial charge >= 0.3 is 18.1 Å². The van der Waals surface area contributed by atoms with Crippen LogP contribution in [-0.4, -0.2) is 40.4 Å². The number of alkyl halides is 3. The summed E-state index contributed by atoms with van der Waals surface area (Å²) in [4.78, 5) is 27.0. The van der Waals surface area contributed by atoms with Crippen molar-refractivity contribution in [2.24, 2.45) is 5.73 Å². The zero-order valence-corrected chi connectivity index (χ0v) is 20.8. The van der Waals surface area contributed by atoms with Gasteiger partial charge in [-0.25, -0.2) is 9.59 Å². The number of halogens is 3. The smallest absolute Gasteiger partial charge is 0.416 e. The van der Waals surface area contributed by atoms with E-state index in [-0.39, 0.29) is 28.2 Å². The summed E-state index contributed by atoms with van der Waals surface area (Å²) in [7, 11) is 4.46. The fourth-order valence-corrected chi connectivity index (χ4v) is 4.27. The predicted octanol–water partition coefficient (Wildman–Crippen LogP) is 3.89. The van der Waals surface area contributed by atoms with Gasteiger partial charge in [-0.2, -0.15) is 18.4 Å². The van der Waals surface area contributed by atoms with Crippen LogP contribution in [0.15, 0.2) is 71.2 Å². The number of benzene rings is 2. The molecule has 2 N–H and O–H groups in total. The minimum Gasteiger partial charge on any atom is -0.466 e. The first-order chi connectivity index (χ1) is 18.0. The Labute approximate surface area is 216 Å². The molecule has 2 aromatic carbocycles. The highest BCUT2D eigenvalue weighted by atomic mass is 19.4. The molecule has 0 spiro atoms. The number of ether oxygens (including phenoxy) is 4. The lowest BCUT2D eigenvalue weighted by Crippen LogP contribution is -2.41. The number of carbonyl (C=O) groups is 2. The molecule has 1 atom stereocenters. The van der Waals surface area contributed by atoms with E-state index in [1.54, 1.807) is 30.3 Å². The molecule has 0 bridgehead atoms. The van der Waals surface area contributed by atoms with Crippen molar-refractivity contribution >= 4 is 17.6 Å². The van der Waals surface area contributed by atoms with Crippen molar-refractivity contribution in [1.29, 1.82) is 5.26 Å². The van der Waals surface area contributed by atoms with E-state index in [0.717, 1.165) is 25.2 Å². The fraction of sp³-hybridized carbons (Fsp3) is 0.269. The van der Waals surface area contributed by atoms with Gasteiger partial charge in [0.2, 0.25) is 0 Å². The molecule has 0 amide bonds. The molecule has 3 rings (SSSR count). The third-order valence-electron chi connectivity index (χ3n) is 5.89. The second-order valence-electron chi connectivity index (χ2n) is 7.91. The van der Waals surface area contributed by atoms with Gasteiger partial charge in [-0.1, -0.05) is 36.4 Å². The van der Waals surface area contributed by atoms with Crippen LogP contribution in [0.2, 0.25) is 0 Å². The second kappa shape index (κ2) is 11.4. The number of nitriles is 1. The second-order valence-corrected chi connectivity index (χ2v) is 7.91. The van der Waals surface area contributed by atoms with Gasteiger partial charge in [-0.05, 0) is 17.7 Å². The highest BCUT2D eigenvalue weighted by Crippen LogP contribution is 2.45. The van der Waals surface area contributed by atoms with Crippen LogP contribution in [-0.2, 0) is 34.7 Å². The number of hydrogen-bond donors (Lipinski definition) is 1. The van der Waals surface area contributed by atoms with Crippen molar-refractivity contribution in [3.05, 3.63) is 87.9 Å². The largest absolute Gasteiger partial charge is 0.466 e. The lowest BCUT2D eigenvalue weighted by Gasteiger charge is -2.36. The van der Waals surface area contributed by atoms with E-state index in [4.69, 9.17) is 24.7 Å². The van der Waals surface area contributed by atoms with Crippen LogP contribution >= 0.6 is 0 Å². The van der Waals surface area contributed by atoms with Gasteiger partial charge in [0.25, 0.3) is 0 Å². The van der Waals surface area contributed by atoms with Crippen molar-refractivity contribution in [2.45, 2.75) is 18.4 Å². The SMILES string of the molecule is COC(=O)C1=C(C(=O)OC)N(c2ccc(C(OC)OC)c(C(F)(F)F)c2)C(N)=C(C#N)C1c1ccccc1. The van der Waals surface area contributed by atoms with E-state index in [1.165, 1.54) is 20.3 Å². The molecule has 0 saturated heterocycles. The summed E-state index contributed by atoms with van der Waals surface area (Å²) in [5, 5.41) is 10.1. The Balaban J connectivity index is 2.42. The number of esters is 2. The van der Waals surface area contributed by atoms with Crippen LogP contribution in [0.4, 0.5) is 18.9 Å². The lowest BCUT2D eigenvalue weighted by molar-refractivity contribution is -0.147. The summed E-state index contributed by atoms with van der Waals surface area (Å²) in [5.41, 5.74) is 3.98. The highest BCUT2D eigenvalue weighted by molar-refractivity contribution is 6.06. The normalized spacial score (nSPS) is 16.0. The molecule has 1 aliphatic rings. The van der Waals surface area contributed by atoms with Crippen LogP contribution in [0.1, 0.15) is 28.9 Å². The van der Waals surface area contributed by atoms with E-state index >= 15 is 0 Å². The number of methoxy groups -OCH3 is 4. The molecule has 38 heavy (non-hydrogen) atoms. The topological polar surface area (TPSA) is 124 Å². The van der Waals surface area contributed by atoms with Crippen molar-refractivity contribution in [2.75, 3.05) is 33.3 Å². The zero-order valence-electron chi connectivity index (χ0n) is 20.8. The summed E-state index contributed by atoms with van der Waals surface area (Å²) < 4.78 is 62.2. The maximum Gasteiger partial charge on any atom is 0.416 e. The molecule has 0 aliphatic carbocycles. The highest BCUT2D eigenvalue weighted by Gasteiger charge is 2.44. The van der Waals surface area contributed by atoms with Crippen molar-refractivity contribution in [3.8, 4) is 6.07 Å². The van der Waals surface area contributed by atoms with Crippen LogP contribution in [0.25, 0.3) is 0 Å². The molecule has 0 aromatic heterocycles. The molecule has 200 valence electrons. The van der Waals surface area contributed by atoms with E-state index in [0.29, 0.717) is 11.6 Å². The number of hydrogen-bond acceptors (Lipinski definition) is 9. The molecule has 1 aliphatic heterocycles.